The highest BCUT2D eigenvalue weighted by Crippen LogP contribution is 2.25. The van der Waals surface area contributed by atoms with Crippen LogP contribution in [0.25, 0.3) is 0 Å². The van der Waals surface area contributed by atoms with Gasteiger partial charge in [0.05, 0.1) is 0 Å². The van der Waals surface area contributed by atoms with Crippen molar-refractivity contribution >= 4 is 11.6 Å². The standard InChI is InChI=1S/C18H22ClNO/c1-12-6-13(2)8-15(7-12)11-21-18-5-4-17(19)10-16(18)9-14(3)20/h4-8,10,14H,9,11,20H2,1-3H3. The highest BCUT2D eigenvalue weighted by atomic mass is 35.5. The second-order valence-electron chi connectivity index (χ2n) is 5.72. The lowest BCUT2D eigenvalue weighted by Gasteiger charge is -2.14. The number of hydrogen-bond donors (Lipinski definition) is 1. The predicted octanol–water partition coefficient (Wildman–Crippen LogP) is 4.43. The first kappa shape index (κ1) is 15.9. The van der Waals surface area contributed by atoms with Crippen LogP contribution in [0.4, 0.5) is 0 Å². The van der Waals surface area contributed by atoms with Crippen LogP contribution in [0.1, 0.15) is 29.2 Å². The van der Waals surface area contributed by atoms with Crippen molar-refractivity contribution in [3.8, 4) is 5.75 Å². The molecule has 0 bridgehead atoms. The molecule has 0 aliphatic rings. The maximum atomic E-state index is 6.06. The molecule has 0 saturated carbocycles. The lowest BCUT2D eigenvalue weighted by atomic mass is 10.1. The lowest BCUT2D eigenvalue weighted by Crippen LogP contribution is -2.18. The third-order valence-electron chi connectivity index (χ3n) is 3.24. The van der Waals surface area contributed by atoms with Crippen molar-refractivity contribution in [1.82, 2.24) is 0 Å². The fraction of sp³-hybridized carbons (Fsp3) is 0.333. The molecular weight excluding hydrogens is 282 g/mol. The Kier molecular flexibility index (Phi) is 5.27. The monoisotopic (exact) mass is 303 g/mol. The van der Waals surface area contributed by atoms with E-state index in [4.69, 9.17) is 22.1 Å². The van der Waals surface area contributed by atoms with Gasteiger partial charge in [-0.1, -0.05) is 40.9 Å². The molecule has 0 aliphatic heterocycles. The van der Waals surface area contributed by atoms with E-state index in [0.717, 1.165) is 17.7 Å². The third kappa shape index (κ3) is 4.76. The molecule has 0 fully saturated rings. The van der Waals surface area contributed by atoms with Gasteiger partial charge in [0.25, 0.3) is 0 Å². The number of halogens is 1. The van der Waals surface area contributed by atoms with Crippen LogP contribution in [0, 0.1) is 13.8 Å². The Morgan fingerprint density at radius 3 is 2.38 bits per heavy atom. The van der Waals surface area contributed by atoms with Gasteiger partial charge in [0, 0.05) is 11.1 Å². The van der Waals surface area contributed by atoms with Gasteiger partial charge in [-0.2, -0.15) is 0 Å². The average Bonchev–Trinajstić information content (AvgIpc) is 2.36. The Bertz CT molecular complexity index is 602. The molecular formula is C18H22ClNO. The Hall–Kier alpha value is -1.51. The van der Waals surface area contributed by atoms with Crippen molar-refractivity contribution in [1.29, 1.82) is 0 Å². The SMILES string of the molecule is Cc1cc(C)cc(COc2ccc(Cl)cc2CC(C)N)c1. The molecule has 3 heteroatoms. The molecule has 2 aromatic carbocycles. The number of benzene rings is 2. The molecule has 2 nitrogen and oxygen atoms in total. The molecule has 0 heterocycles. The summed E-state index contributed by atoms with van der Waals surface area (Å²) in [6.07, 6.45) is 0.753. The van der Waals surface area contributed by atoms with Crippen molar-refractivity contribution in [3.05, 3.63) is 63.7 Å². The summed E-state index contributed by atoms with van der Waals surface area (Å²) in [5, 5.41) is 0.712. The van der Waals surface area contributed by atoms with Gasteiger partial charge in [-0.3, -0.25) is 0 Å². The van der Waals surface area contributed by atoms with E-state index in [-0.39, 0.29) is 6.04 Å². The van der Waals surface area contributed by atoms with E-state index in [1.807, 2.05) is 25.1 Å². The van der Waals surface area contributed by atoms with Gasteiger partial charge >= 0.3 is 0 Å². The summed E-state index contributed by atoms with van der Waals surface area (Å²) in [6.45, 7) is 6.73. The van der Waals surface area contributed by atoms with Crippen LogP contribution in [-0.4, -0.2) is 6.04 Å². The lowest BCUT2D eigenvalue weighted by molar-refractivity contribution is 0.302. The summed E-state index contributed by atoms with van der Waals surface area (Å²) in [6, 6.07) is 12.2. The fourth-order valence-corrected chi connectivity index (χ4v) is 2.70. The third-order valence-corrected chi connectivity index (χ3v) is 3.48. The molecule has 0 aromatic heterocycles. The van der Waals surface area contributed by atoms with E-state index in [1.165, 1.54) is 16.7 Å². The van der Waals surface area contributed by atoms with Crippen molar-refractivity contribution < 1.29 is 4.74 Å². The average molecular weight is 304 g/mol. The summed E-state index contributed by atoms with van der Waals surface area (Å²) in [4.78, 5) is 0. The molecule has 0 spiro atoms. The van der Waals surface area contributed by atoms with E-state index >= 15 is 0 Å². The van der Waals surface area contributed by atoms with E-state index in [2.05, 4.69) is 32.0 Å². The van der Waals surface area contributed by atoms with Crippen molar-refractivity contribution in [3.63, 3.8) is 0 Å². The molecule has 0 aliphatic carbocycles. The Morgan fingerprint density at radius 1 is 1.10 bits per heavy atom. The number of rotatable bonds is 5. The first-order valence-electron chi connectivity index (χ1n) is 7.18. The summed E-state index contributed by atoms with van der Waals surface area (Å²) in [7, 11) is 0. The van der Waals surface area contributed by atoms with Gasteiger partial charge in [0.1, 0.15) is 12.4 Å². The van der Waals surface area contributed by atoms with Crippen molar-refractivity contribution in [2.45, 2.75) is 39.8 Å². The zero-order valence-corrected chi connectivity index (χ0v) is 13.6. The number of ether oxygens (including phenoxy) is 1. The summed E-state index contributed by atoms with van der Waals surface area (Å²) < 4.78 is 5.97. The van der Waals surface area contributed by atoms with Gasteiger partial charge in [-0.15, -0.1) is 0 Å². The van der Waals surface area contributed by atoms with Crippen molar-refractivity contribution in [2.75, 3.05) is 0 Å². The Morgan fingerprint density at radius 2 is 1.76 bits per heavy atom. The van der Waals surface area contributed by atoms with Gasteiger partial charge in [-0.05, 0) is 56.5 Å². The Labute approximate surface area is 131 Å². The minimum Gasteiger partial charge on any atom is -0.489 e. The van der Waals surface area contributed by atoms with Crippen LogP contribution >= 0.6 is 11.6 Å². The maximum absolute atomic E-state index is 6.06. The molecule has 2 aromatic rings. The van der Waals surface area contributed by atoms with Gasteiger partial charge in [0.15, 0.2) is 0 Å². The van der Waals surface area contributed by atoms with E-state index in [9.17, 15) is 0 Å². The molecule has 112 valence electrons. The zero-order chi connectivity index (χ0) is 15.4. The number of nitrogens with two attached hydrogens (primary N) is 1. The predicted molar refractivity (Wildman–Crippen MR) is 89.1 cm³/mol. The molecule has 1 atom stereocenters. The molecule has 2 rings (SSSR count). The van der Waals surface area contributed by atoms with Crippen LogP contribution < -0.4 is 10.5 Å². The zero-order valence-electron chi connectivity index (χ0n) is 12.8. The van der Waals surface area contributed by atoms with Gasteiger partial charge < -0.3 is 10.5 Å². The molecule has 0 amide bonds. The molecule has 21 heavy (non-hydrogen) atoms. The maximum Gasteiger partial charge on any atom is 0.123 e. The highest BCUT2D eigenvalue weighted by Gasteiger charge is 2.08. The van der Waals surface area contributed by atoms with Crippen LogP contribution in [0.2, 0.25) is 5.02 Å². The first-order chi connectivity index (χ1) is 9.94. The first-order valence-corrected chi connectivity index (χ1v) is 7.56. The number of aryl methyl sites for hydroxylation is 2. The Balaban J connectivity index is 2.15. The summed E-state index contributed by atoms with van der Waals surface area (Å²) in [5.41, 5.74) is 10.6. The quantitative estimate of drug-likeness (QED) is 0.887. The molecule has 0 saturated heterocycles. The minimum atomic E-state index is 0.0760. The van der Waals surface area contributed by atoms with E-state index < -0.39 is 0 Å². The van der Waals surface area contributed by atoms with Gasteiger partial charge in [0.2, 0.25) is 0 Å². The van der Waals surface area contributed by atoms with E-state index in [1.54, 1.807) is 0 Å². The largest absolute Gasteiger partial charge is 0.489 e. The molecule has 0 radical (unpaired) electrons. The van der Waals surface area contributed by atoms with Crippen LogP contribution in [0.15, 0.2) is 36.4 Å². The number of hydrogen-bond acceptors (Lipinski definition) is 2. The second kappa shape index (κ2) is 6.97. The van der Waals surface area contributed by atoms with Crippen LogP contribution in [0.3, 0.4) is 0 Å². The topological polar surface area (TPSA) is 35.2 Å². The fourth-order valence-electron chi connectivity index (χ4n) is 2.51. The van der Waals surface area contributed by atoms with Crippen LogP contribution in [0.5, 0.6) is 5.75 Å². The smallest absolute Gasteiger partial charge is 0.123 e. The molecule has 2 N–H and O–H groups in total. The summed E-state index contributed by atoms with van der Waals surface area (Å²) in [5.74, 6) is 0.857. The molecule has 1 unspecified atom stereocenters. The minimum absolute atomic E-state index is 0.0760. The van der Waals surface area contributed by atoms with E-state index in [0.29, 0.717) is 11.6 Å². The summed E-state index contributed by atoms with van der Waals surface area (Å²) >= 11 is 6.06. The van der Waals surface area contributed by atoms with Crippen LogP contribution in [-0.2, 0) is 13.0 Å². The normalized spacial score (nSPS) is 12.2. The second-order valence-corrected chi connectivity index (χ2v) is 6.15. The highest BCUT2D eigenvalue weighted by molar-refractivity contribution is 6.30. The van der Waals surface area contributed by atoms with Crippen molar-refractivity contribution in [2.24, 2.45) is 5.73 Å². The van der Waals surface area contributed by atoms with Gasteiger partial charge in [-0.25, -0.2) is 0 Å².